The molecule has 1 amide bonds. The molecule has 6 nitrogen and oxygen atoms in total. The number of ether oxygens (including phenoxy) is 2. The summed E-state index contributed by atoms with van der Waals surface area (Å²) >= 11 is 3.40. The lowest BCUT2D eigenvalue weighted by Crippen LogP contribution is -2.48. The van der Waals surface area contributed by atoms with E-state index in [-0.39, 0.29) is 5.91 Å². The van der Waals surface area contributed by atoms with E-state index >= 15 is 0 Å². The average molecular weight is 448 g/mol. The highest BCUT2D eigenvalue weighted by molar-refractivity contribution is 9.10. The topological polar surface area (TPSA) is 54.0 Å². The summed E-state index contributed by atoms with van der Waals surface area (Å²) < 4.78 is 11.8. The predicted octanol–water partition coefficient (Wildman–Crippen LogP) is 3.22. The van der Waals surface area contributed by atoms with E-state index in [1.54, 1.807) is 14.2 Å². The monoisotopic (exact) mass is 447 g/mol. The largest absolute Gasteiger partial charge is 0.497 e. The van der Waals surface area contributed by atoms with Crippen molar-refractivity contribution >= 4 is 27.5 Å². The first kappa shape index (κ1) is 20.6. The van der Waals surface area contributed by atoms with Crippen molar-refractivity contribution in [3.05, 3.63) is 52.5 Å². The van der Waals surface area contributed by atoms with Crippen LogP contribution in [0.1, 0.15) is 5.56 Å². The van der Waals surface area contributed by atoms with Crippen LogP contribution in [0.4, 0.5) is 5.69 Å². The number of benzene rings is 2. The second-order valence-electron chi connectivity index (χ2n) is 6.79. The second kappa shape index (κ2) is 9.91. The van der Waals surface area contributed by atoms with Crippen LogP contribution in [0.15, 0.2) is 46.9 Å². The maximum Gasteiger partial charge on any atom is 0.238 e. The molecule has 0 aromatic heterocycles. The van der Waals surface area contributed by atoms with Crippen molar-refractivity contribution in [2.75, 3.05) is 52.3 Å². The van der Waals surface area contributed by atoms with E-state index in [9.17, 15) is 4.79 Å². The summed E-state index contributed by atoms with van der Waals surface area (Å²) in [5.41, 5.74) is 1.93. The number of methoxy groups -OCH3 is 2. The zero-order valence-electron chi connectivity index (χ0n) is 16.3. The summed E-state index contributed by atoms with van der Waals surface area (Å²) in [6.45, 7) is 4.75. The SMILES string of the molecule is COc1ccc(OC)c(CN2CCN(CC(=O)Nc3ccc(Br)cc3)CC2)c1. The minimum absolute atomic E-state index is 0.0187. The van der Waals surface area contributed by atoms with E-state index in [2.05, 4.69) is 31.0 Å². The van der Waals surface area contributed by atoms with E-state index in [4.69, 9.17) is 9.47 Å². The molecule has 1 aliphatic rings. The lowest BCUT2D eigenvalue weighted by atomic mass is 10.1. The van der Waals surface area contributed by atoms with Crippen LogP contribution in [0.5, 0.6) is 11.5 Å². The van der Waals surface area contributed by atoms with Gasteiger partial charge in [-0.15, -0.1) is 0 Å². The van der Waals surface area contributed by atoms with Crippen molar-refractivity contribution in [2.45, 2.75) is 6.54 Å². The van der Waals surface area contributed by atoms with E-state index in [0.717, 1.165) is 59.9 Å². The molecule has 0 saturated carbocycles. The number of hydrogen-bond acceptors (Lipinski definition) is 5. The lowest BCUT2D eigenvalue weighted by molar-refractivity contribution is -0.117. The van der Waals surface area contributed by atoms with E-state index in [1.807, 2.05) is 42.5 Å². The van der Waals surface area contributed by atoms with Crippen molar-refractivity contribution in [1.29, 1.82) is 0 Å². The van der Waals surface area contributed by atoms with Gasteiger partial charge in [0.25, 0.3) is 0 Å². The number of nitrogens with zero attached hydrogens (tertiary/aromatic N) is 2. The molecular weight excluding hydrogens is 422 g/mol. The van der Waals surface area contributed by atoms with Crippen LogP contribution in [0, 0.1) is 0 Å². The van der Waals surface area contributed by atoms with Gasteiger partial charge in [0.2, 0.25) is 5.91 Å². The molecule has 1 heterocycles. The number of hydrogen-bond donors (Lipinski definition) is 1. The number of halogens is 1. The van der Waals surface area contributed by atoms with Gasteiger partial charge >= 0.3 is 0 Å². The van der Waals surface area contributed by atoms with Crippen molar-refractivity contribution in [3.63, 3.8) is 0 Å². The van der Waals surface area contributed by atoms with Crippen LogP contribution in [0.2, 0.25) is 0 Å². The molecule has 28 heavy (non-hydrogen) atoms. The number of carbonyl (C=O) groups is 1. The number of amides is 1. The second-order valence-corrected chi connectivity index (χ2v) is 7.70. The van der Waals surface area contributed by atoms with Gasteiger partial charge in [0.1, 0.15) is 11.5 Å². The van der Waals surface area contributed by atoms with Crippen LogP contribution in [0.25, 0.3) is 0 Å². The standard InChI is InChI=1S/C21H26BrN3O3/c1-27-19-7-8-20(28-2)16(13-19)14-24-9-11-25(12-10-24)15-21(26)23-18-5-3-17(22)4-6-18/h3-8,13H,9-12,14-15H2,1-2H3,(H,23,26). The summed E-state index contributed by atoms with van der Waals surface area (Å²) in [7, 11) is 3.36. The average Bonchev–Trinajstić information content (AvgIpc) is 2.71. The third-order valence-electron chi connectivity index (χ3n) is 4.84. The Morgan fingerprint density at radius 3 is 2.32 bits per heavy atom. The zero-order valence-corrected chi connectivity index (χ0v) is 17.9. The fourth-order valence-electron chi connectivity index (χ4n) is 3.29. The van der Waals surface area contributed by atoms with Gasteiger partial charge in [-0.1, -0.05) is 15.9 Å². The van der Waals surface area contributed by atoms with Crippen LogP contribution in [-0.4, -0.2) is 62.7 Å². The maximum absolute atomic E-state index is 12.3. The van der Waals surface area contributed by atoms with Gasteiger partial charge in [-0.3, -0.25) is 14.6 Å². The van der Waals surface area contributed by atoms with Crippen LogP contribution in [-0.2, 0) is 11.3 Å². The number of nitrogens with one attached hydrogen (secondary N) is 1. The third kappa shape index (κ3) is 5.70. The number of carbonyl (C=O) groups excluding carboxylic acids is 1. The minimum Gasteiger partial charge on any atom is -0.497 e. The minimum atomic E-state index is 0.0187. The Kier molecular flexibility index (Phi) is 7.30. The van der Waals surface area contributed by atoms with E-state index < -0.39 is 0 Å². The summed E-state index contributed by atoms with van der Waals surface area (Å²) in [5, 5.41) is 2.95. The first-order valence-electron chi connectivity index (χ1n) is 9.28. The lowest BCUT2D eigenvalue weighted by Gasteiger charge is -2.34. The third-order valence-corrected chi connectivity index (χ3v) is 5.37. The predicted molar refractivity (Wildman–Crippen MR) is 114 cm³/mol. The molecule has 1 fully saturated rings. The van der Waals surface area contributed by atoms with Crippen molar-refractivity contribution in [3.8, 4) is 11.5 Å². The molecule has 0 atom stereocenters. The van der Waals surface area contributed by atoms with E-state index in [0.29, 0.717) is 6.54 Å². The van der Waals surface area contributed by atoms with Gasteiger partial charge in [0.05, 0.1) is 20.8 Å². The highest BCUT2D eigenvalue weighted by Crippen LogP contribution is 2.25. The molecule has 1 N–H and O–H groups in total. The van der Waals surface area contributed by atoms with Gasteiger partial charge in [-0.2, -0.15) is 0 Å². The molecule has 0 aliphatic carbocycles. The Hall–Kier alpha value is -2.09. The normalized spacial score (nSPS) is 15.2. The Bertz CT molecular complexity index is 790. The van der Waals surface area contributed by atoms with Crippen LogP contribution >= 0.6 is 15.9 Å². The molecule has 2 aromatic carbocycles. The number of anilines is 1. The van der Waals surface area contributed by atoms with Gasteiger partial charge in [0, 0.05) is 48.4 Å². The Morgan fingerprint density at radius 1 is 1.00 bits per heavy atom. The molecule has 7 heteroatoms. The molecule has 0 bridgehead atoms. The highest BCUT2D eigenvalue weighted by atomic mass is 79.9. The number of piperazine rings is 1. The van der Waals surface area contributed by atoms with Gasteiger partial charge in [-0.25, -0.2) is 0 Å². The fourth-order valence-corrected chi connectivity index (χ4v) is 3.55. The summed E-state index contributed by atoms with van der Waals surface area (Å²) in [6.07, 6.45) is 0. The highest BCUT2D eigenvalue weighted by Gasteiger charge is 2.20. The van der Waals surface area contributed by atoms with Crippen LogP contribution < -0.4 is 14.8 Å². The maximum atomic E-state index is 12.3. The van der Waals surface area contributed by atoms with Gasteiger partial charge in [0.15, 0.2) is 0 Å². The Balaban J connectivity index is 1.48. The molecule has 0 spiro atoms. The summed E-state index contributed by atoms with van der Waals surface area (Å²) in [6, 6.07) is 13.5. The molecule has 0 unspecified atom stereocenters. The summed E-state index contributed by atoms with van der Waals surface area (Å²) in [4.78, 5) is 16.8. The quantitative estimate of drug-likeness (QED) is 0.705. The first-order valence-corrected chi connectivity index (χ1v) is 10.1. The Morgan fingerprint density at radius 2 is 1.68 bits per heavy atom. The Labute approximate surface area is 174 Å². The molecule has 1 saturated heterocycles. The fraction of sp³-hybridized carbons (Fsp3) is 0.381. The van der Waals surface area contributed by atoms with Crippen LogP contribution in [0.3, 0.4) is 0 Å². The van der Waals surface area contributed by atoms with Crippen molar-refractivity contribution < 1.29 is 14.3 Å². The van der Waals surface area contributed by atoms with Gasteiger partial charge in [-0.05, 0) is 42.5 Å². The first-order chi connectivity index (χ1) is 13.6. The zero-order chi connectivity index (χ0) is 19.9. The van der Waals surface area contributed by atoms with Gasteiger partial charge < -0.3 is 14.8 Å². The summed E-state index contributed by atoms with van der Waals surface area (Å²) in [5.74, 6) is 1.72. The van der Waals surface area contributed by atoms with Crippen molar-refractivity contribution in [2.24, 2.45) is 0 Å². The molecule has 3 rings (SSSR count). The molecule has 150 valence electrons. The molecular formula is C21H26BrN3O3. The molecule has 1 aliphatic heterocycles. The number of rotatable bonds is 7. The smallest absolute Gasteiger partial charge is 0.238 e. The van der Waals surface area contributed by atoms with Crippen molar-refractivity contribution in [1.82, 2.24) is 9.80 Å². The van der Waals surface area contributed by atoms with E-state index in [1.165, 1.54) is 0 Å². The molecule has 2 aromatic rings. The molecule has 0 radical (unpaired) electrons.